The summed E-state index contributed by atoms with van der Waals surface area (Å²) in [6, 6.07) is 24.4. The van der Waals surface area contributed by atoms with Gasteiger partial charge in [-0.2, -0.15) is 5.26 Å². The number of hydrogen-bond donors (Lipinski definition) is 0. The van der Waals surface area contributed by atoms with Gasteiger partial charge in [0.05, 0.1) is 4.90 Å². The topological polar surface area (TPSA) is 67.2 Å². The normalized spacial score (nSPS) is 11.6. The molecule has 0 amide bonds. The van der Waals surface area contributed by atoms with Crippen molar-refractivity contribution in [2.45, 2.75) is 11.5 Å². The van der Waals surface area contributed by atoms with Gasteiger partial charge in [-0.25, -0.2) is 8.42 Å². The van der Waals surface area contributed by atoms with Crippen molar-refractivity contribution in [3.05, 3.63) is 99.4 Å². The van der Waals surface area contributed by atoms with Crippen molar-refractivity contribution in [2.75, 3.05) is 0 Å². The predicted molar refractivity (Wildman–Crippen MR) is 112 cm³/mol. The van der Waals surface area contributed by atoms with Gasteiger partial charge in [-0.3, -0.25) is 0 Å². The molecule has 3 rings (SSSR count). The third-order valence-electron chi connectivity index (χ3n) is 3.97. The van der Waals surface area contributed by atoms with Crippen LogP contribution in [0.2, 0.25) is 0 Å². The number of rotatable bonds is 6. The van der Waals surface area contributed by atoms with E-state index >= 15 is 0 Å². The lowest BCUT2D eigenvalue weighted by Gasteiger charge is -2.10. The van der Waals surface area contributed by atoms with Crippen LogP contribution in [-0.2, 0) is 16.4 Å². The van der Waals surface area contributed by atoms with Crippen LogP contribution in [-0.4, -0.2) is 8.42 Å². The molecule has 6 heteroatoms. The lowest BCUT2D eigenvalue weighted by Crippen LogP contribution is -2.04. The minimum absolute atomic E-state index is 0.0797. The monoisotopic (exact) mass is 453 g/mol. The number of benzene rings is 3. The second-order valence-corrected chi connectivity index (χ2v) is 8.72. The molecular formula is C22H16BrNO3S. The van der Waals surface area contributed by atoms with Gasteiger partial charge < -0.3 is 4.74 Å². The van der Waals surface area contributed by atoms with Crippen LogP contribution in [0.3, 0.4) is 0 Å². The van der Waals surface area contributed by atoms with Crippen LogP contribution in [0, 0.1) is 11.3 Å². The molecule has 0 heterocycles. The number of sulfone groups is 1. The van der Waals surface area contributed by atoms with Gasteiger partial charge >= 0.3 is 0 Å². The SMILES string of the molecule is N#C/C(=C\c1ccccc1OCc1ccc(Br)cc1)S(=O)(=O)c1ccccc1. The summed E-state index contributed by atoms with van der Waals surface area (Å²) in [4.78, 5) is -0.255. The molecule has 0 spiro atoms. The summed E-state index contributed by atoms with van der Waals surface area (Å²) in [5, 5.41) is 9.47. The Morgan fingerprint density at radius 2 is 1.61 bits per heavy atom. The summed E-state index contributed by atoms with van der Waals surface area (Å²) in [6.45, 7) is 0.325. The molecule has 0 fully saturated rings. The van der Waals surface area contributed by atoms with Gasteiger partial charge in [0.2, 0.25) is 9.84 Å². The van der Waals surface area contributed by atoms with Gasteiger partial charge in [0, 0.05) is 10.0 Å². The number of nitrogens with zero attached hydrogens (tertiary/aromatic N) is 1. The van der Waals surface area contributed by atoms with Crippen molar-refractivity contribution in [1.29, 1.82) is 5.26 Å². The zero-order chi connectivity index (χ0) is 20.0. The van der Waals surface area contributed by atoms with E-state index in [0.29, 0.717) is 17.9 Å². The highest BCUT2D eigenvalue weighted by atomic mass is 79.9. The van der Waals surface area contributed by atoms with Crippen LogP contribution in [0.5, 0.6) is 5.75 Å². The molecular weight excluding hydrogens is 438 g/mol. The maximum absolute atomic E-state index is 12.8. The quantitative estimate of drug-likeness (QED) is 0.470. The molecule has 0 aliphatic rings. The molecule has 3 aromatic rings. The van der Waals surface area contributed by atoms with Gasteiger partial charge in [0.25, 0.3) is 0 Å². The Labute approximate surface area is 172 Å². The number of hydrogen-bond acceptors (Lipinski definition) is 4. The summed E-state index contributed by atoms with van der Waals surface area (Å²) in [5.74, 6) is 0.501. The first-order valence-electron chi connectivity index (χ1n) is 8.39. The van der Waals surface area contributed by atoms with Crippen molar-refractivity contribution in [3.8, 4) is 11.8 Å². The minimum Gasteiger partial charge on any atom is -0.488 e. The third-order valence-corrected chi connectivity index (χ3v) is 6.18. The highest BCUT2D eigenvalue weighted by Gasteiger charge is 2.21. The highest BCUT2D eigenvalue weighted by Crippen LogP contribution is 2.26. The van der Waals surface area contributed by atoms with Crippen molar-refractivity contribution >= 4 is 31.8 Å². The van der Waals surface area contributed by atoms with E-state index in [0.717, 1.165) is 10.0 Å². The van der Waals surface area contributed by atoms with Crippen LogP contribution in [0.4, 0.5) is 0 Å². The first-order chi connectivity index (χ1) is 13.5. The fourth-order valence-corrected chi connectivity index (χ4v) is 3.95. The molecule has 4 nitrogen and oxygen atoms in total. The Morgan fingerprint density at radius 3 is 2.29 bits per heavy atom. The fraction of sp³-hybridized carbons (Fsp3) is 0.0455. The predicted octanol–water partition coefficient (Wildman–Crippen LogP) is 5.37. The van der Waals surface area contributed by atoms with Crippen LogP contribution in [0.1, 0.15) is 11.1 Å². The van der Waals surface area contributed by atoms with Crippen LogP contribution >= 0.6 is 15.9 Å². The zero-order valence-electron chi connectivity index (χ0n) is 14.7. The fourth-order valence-electron chi connectivity index (χ4n) is 2.51. The molecule has 0 bridgehead atoms. The number of ether oxygens (including phenoxy) is 1. The summed E-state index contributed by atoms with van der Waals surface area (Å²) in [6.07, 6.45) is 1.35. The Hall–Kier alpha value is -2.88. The van der Waals surface area contributed by atoms with Crippen LogP contribution in [0.25, 0.3) is 6.08 Å². The summed E-state index contributed by atoms with van der Waals surface area (Å²) in [7, 11) is -3.90. The van der Waals surface area contributed by atoms with Gasteiger partial charge in [-0.1, -0.05) is 64.5 Å². The molecule has 0 saturated heterocycles. The largest absolute Gasteiger partial charge is 0.488 e. The zero-order valence-corrected chi connectivity index (χ0v) is 17.2. The van der Waals surface area contributed by atoms with E-state index < -0.39 is 9.84 Å². The Bertz CT molecular complexity index is 1130. The number of allylic oxidation sites excluding steroid dienone is 1. The molecule has 0 aromatic heterocycles. The van der Waals surface area contributed by atoms with Gasteiger partial charge in [0.15, 0.2) is 0 Å². The molecule has 0 unspecified atom stereocenters. The van der Waals surface area contributed by atoms with E-state index in [1.807, 2.05) is 30.3 Å². The molecule has 0 aliphatic heterocycles. The first kappa shape index (κ1) is 19.9. The molecule has 0 N–H and O–H groups in total. The summed E-state index contributed by atoms with van der Waals surface area (Å²) >= 11 is 3.39. The molecule has 0 aliphatic carbocycles. The van der Waals surface area contributed by atoms with Crippen molar-refractivity contribution in [1.82, 2.24) is 0 Å². The van der Waals surface area contributed by atoms with Crippen LogP contribution in [0.15, 0.2) is 93.1 Å². The Balaban J connectivity index is 1.90. The maximum Gasteiger partial charge on any atom is 0.216 e. The minimum atomic E-state index is -3.90. The standard InChI is InChI=1S/C22H16BrNO3S/c23-19-12-10-17(11-13-19)16-27-22-9-5-4-6-18(22)14-21(15-24)28(25,26)20-7-2-1-3-8-20/h1-14H,16H2/b21-14+. The van der Waals surface area contributed by atoms with E-state index in [1.54, 1.807) is 42.5 Å². The average Bonchev–Trinajstić information content (AvgIpc) is 2.72. The van der Waals surface area contributed by atoms with Crippen molar-refractivity contribution in [2.24, 2.45) is 0 Å². The smallest absolute Gasteiger partial charge is 0.216 e. The second-order valence-electron chi connectivity index (χ2n) is 5.89. The van der Waals surface area contributed by atoms with Gasteiger partial charge in [-0.05, 0) is 42.0 Å². The molecule has 0 atom stereocenters. The third kappa shape index (κ3) is 4.69. The van der Waals surface area contributed by atoms with Gasteiger partial charge in [-0.15, -0.1) is 0 Å². The van der Waals surface area contributed by atoms with Crippen LogP contribution < -0.4 is 4.74 Å². The summed E-state index contributed by atoms with van der Waals surface area (Å²) in [5.41, 5.74) is 1.50. The first-order valence-corrected chi connectivity index (χ1v) is 10.7. The van der Waals surface area contributed by atoms with E-state index in [2.05, 4.69) is 15.9 Å². The number of halogens is 1. The number of nitriles is 1. The van der Waals surface area contributed by atoms with E-state index in [9.17, 15) is 13.7 Å². The second kappa shape index (κ2) is 8.87. The van der Waals surface area contributed by atoms with E-state index in [-0.39, 0.29) is 9.80 Å². The molecule has 0 saturated carbocycles. The molecule has 28 heavy (non-hydrogen) atoms. The summed E-state index contributed by atoms with van der Waals surface area (Å²) < 4.78 is 32.3. The van der Waals surface area contributed by atoms with E-state index in [1.165, 1.54) is 18.2 Å². The van der Waals surface area contributed by atoms with Crippen molar-refractivity contribution in [3.63, 3.8) is 0 Å². The lowest BCUT2D eigenvalue weighted by atomic mass is 10.2. The Kier molecular flexibility index (Phi) is 6.30. The van der Waals surface area contributed by atoms with Crippen molar-refractivity contribution < 1.29 is 13.2 Å². The van der Waals surface area contributed by atoms with E-state index in [4.69, 9.17) is 4.74 Å². The average molecular weight is 454 g/mol. The van der Waals surface area contributed by atoms with Gasteiger partial charge in [0.1, 0.15) is 23.3 Å². The Morgan fingerprint density at radius 1 is 0.964 bits per heavy atom. The number of para-hydroxylation sites is 1. The maximum atomic E-state index is 12.8. The lowest BCUT2D eigenvalue weighted by molar-refractivity contribution is 0.305. The highest BCUT2D eigenvalue weighted by molar-refractivity contribution is 9.10. The molecule has 140 valence electrons. The molecule has 0 radical (unpaired) electrons. The molecule has 3 aromatic carbocycles.